The van der Waals surface area contributed by atoms with Crippen molar-refractivity contribution in [1.82, 2.24) is 0 Å². The highest BCUT2D eigenvalue weighted by Crippen LogP contribution is 2.23. The molecule has 7 nitrogen and oxygen atoms in total. The molecule has 19 heavy (non-hydrogen) atoms. The number of carboxylic acids is 1. The van der Waals surface area contributed by atoms with E-state index in [1.807, 2.05) is 13.8 Å². The van der Waals surface area contributed by atoms with Gasteiger partial charge in [0.25, 0.3) is 5.69 Å². The smallest absolute Gasteiger partial charge is 0.342 e. The van der Waals surface area contributed by atoms with Crippen molar-refractivity contribution < 1.29 is 19.6 Å². The molecule has 0 fully saturated rings. The molecule has 0 bridgehead atoms. The molecule has 1 unspecified atom stereocenters. The van der Waals surface area contributed by atoms with Gasteiger partial charge in [0.1, 0.15) is 5.56 Å². The molecule has 0 spiro atoms. The van der Waals surface area contributed by atoms with Gasteiger partial charge in [-0.05, 0) is 26.0 Å². The molecule has 1 rings (SSSR count). The number of anilines is 1. The quantitative estimate of drug-likeness (QED) is 0.580. The molecule has 0 heterocycles. The fraction of sp³-hybridized carbons (Fsp3) is 0.417. The standard InChI is InChI=1S/C12H16N2O5/c1-3-19-8(2)7-13-9-4-5-10(12(15)16)11(6-9)14(17)18/h4-6,8,13H,3,7H2,1-2H3,(H,15,16). The second-order valence-corrected chi connectivity index (χ2v) is 3.94. The normalized spacial score (nSPS) is 11.9. The zero-order valence-electron chi connectivity index (χ0n) is 10.8. The van der Waals surface area contributed by atoms with Gasteiger partial charge in [0, 0.05) is 24.9 Å². The number of carbonyl (C=O) groups is 1. The van der Waals surface area contributed by atoms with Crippen LogP contribution in [0.2, 0.25) is 0 Å². The predicted octanol–water partition coefficient (Wildman–Crippen LogP) is 2.13. The molecule has 1 aromatic rings. The van der Waals surface area contributed by atoms with Crippen LogP contribution in [0, 0.1) is 10.1 Å². The molecule has 0 aliphatic rings. The van der Waals surface area contributed by atoms with E-state index in [0.717, 1.165) is 0 Å². The van der Waals surface area contributed by atoms with Crippen LogP contribution in [0.25, 0.3) is 0 Å². The van der Waals surface area contributed by atoms with Crippen molar-refractivity contribution in [3.05, 3.63) is 33.9 Å². The van der Waals surface area contributed by atoms with E-state index in [0.29, 0.717) is 18.8 Å². The predicted molar refractivity (Wildman–Crippen MR) is 69.6 cm³/mol. The second kappa shape index (κ2) is 6.69. The molecule has 1 atom stereocenters. The van der Waals surface area contributed by atoms with Gasteiger partial charge >= 0.3 is 5.97 Å². The van der Waals surface area contributed by atoms with Crippen LogP contribution in [-0.2, 0) is 4.74 Å². The number of rotatable bonds is 7. The number of carboxylic acid groups (broad SMARTS) is 1. The first kappa shape index (κ1) is 14.9. The van der Waals surface area contributed by atoms with Crippen LogP contribution in [-0.4, -0.2) is 35.3 Å². The third-order valence-corrected chi connectivity index (χ3v) is 2.47. The van der Waals surface area contributed by atoms with Crippen molar-refractivity contribution >= 4 is 17.3 Å². The van der Waals surface area contributed by atoms with E-state index in [9.17, 15) is 14.9 Å². The van der Waals surface area contributed by atoms with Gasteiger partial charge in [0.15, 0.2) is 0 Å². The number of nitro benzene ring substituents is 1. The summed E-state index contributed by atoms with van der Waals surface area (Å²) in [5.74, 6) is -1.32. The Labute approximate surface area is 110 Å². The zero-order valence-corrected chi connectivity index (χ0v) is 10.8. The van der Waals surface area contributed by atoms with Crippen LogP contribution in [0.15, 0.2) is 18.2 Å². The van der Waals surface area contributed by atoms with Crippen molar-refractivity contribution in [1.29, 1.82) is 0 Å². The summed E-state index contributed by atoms with van der Waals surface area (Å²) in [6, 6.07) is 3.92. The molecule has 0 amide bonds. The largest absolute Gasteiger partial charge is 0.477 e. The number of nitrogens with zero attached hydrogens (tertiary/aromatic N) is 1. The lowest BCUT2D eigenvalue weighted by molar-refractivity contribution is -0.385. The monoisotopic (exact) mass is 268 g/mol. The van der Waals surface area contributed by atoms with Gasteiger partial charge in [-0.3, -0.25) is 10.1 Å². The van der Waals surface area contributed by atoms with E-state index in [4.69, 9.17) is 9.84 Å². The van der Waals surface area contributed by atoms with E-state index in [1.165, 1.54) is 18.2 Å². The number of hydrogen-bond acceptors (Lipinski definition) is 5. The molecule has 0 saturated heterocycles. The Balaban J connectivity index is 2.84. The molecule has 1 aromatic carbocycles. The average molecular weight is 268 g/mol. The van der Waals surface area contributed by atoms with E-state index in [1.54, 1.807) is 0 Å². The summed E-state index contributed by atoms with van der Waals surface area (Å²) in [7, 11) is 0. The average Bonchev–Trinajstić information content (AvgIpc) is 2.36. The lowest BCUT2D eigenvalue weighted by Crippen LogP contribution is -2.19. The fourth-order valence-electron chi connectivity index (χ4n) is 1.58. The third kappa shape index (κ3) is 4.22. The molecule has 0 radical (unpaired) electrons. The summed E-state index contributed by atoms with van der Waals surface area (Å²) in [6.45, 7) is 4.82. The molecule has 0 aliphatic heterocycles. The first-order chi connectivity index (χ1) is 8.95. The van der Waals surface area contributed by atoms with Crippen LogP contribution in [0.3, 0.4) is 0 Å². The molecule has 0 saturated carbocycles. The summed E-state index contributed by atoms with van der Waals surface area (Å²) in [6.07, 6.45) is -0.0387. The molecule has 2 N–H and O–H groups in total. The molecule has 7 heteroatoms. The van der Waals surface area contributed by atoms with Gasteiger partial charge in [-0.25, -0.2) is 4.79 Å². The third-order valence-electron chi connectivity index (χ3n) is 2.47. The lowest BCUT2D eigenvalue weighted by Gasteiger charge is -2.13. The summed E-state index contributed by atoms with van der Waals surface area (Å²) >= 11 is 0. The van der Waals surface area contributed by atoms with Gasteiger partial charge in [0.2, 0.25) is 0 Å². The summed E-state index contributed by atoms with van der Waals surface area (Å²) < 4.78 is 5.31. The van der Waals surface area contributed by atoms with Crippen LogP contribution in [0.1, 0.15) is 24.2 Å². The van der Waals surface area contributed by atoms with E-state index >= 15 is 0 Å². The second-order valence-electron chi connectivity index (χ2n) is 3.94. The van der Waals surface area contributed by atoms with E-state index < -0.39 is 16.6 Å². The SMILES string of the molecule is CCOC(C)CNc1ccc(C(=O)O)c([N+](=O)[O-])c1. The summed E-state index contributed by atoms with van der Waals surface area (Å²) in [4.78, 5) is 20.9. The van der Waals surface area contributed by atoms with Crippen molar-refractivity contribution in [3.63, 3.8) is 0 Å². The van der Waals surface area contributed by atoms with Gasteiger partial charge in [0.05, 0.1) is 11.0 Å². The Bertz CT molecular complexity index is 475. The Kier molecular flexibility index (Phi) is 5.25. The van der Waals surface area contributed by atoms with Crippen molar-refractivity contribution in [2.45, 2.75) is 20.0 Å². The van der Waals surface area contributed by atoms with E-state index in [2.05, 4.69) is 5.32 Å². The van der Waals surface area contributed by atoms with Crippen LogP contribution >= 0.6 is 0 Å². The van der Waals surface area contributed by atoms with Crippen molar-refractivity contribution in [2.24, 2.45) is 0 Å². The van der Waals surface area contributed by atoms with Crippen molar-refractivity contribution in [3.8, 4) is 0 Å². The maximum Gasteiger partial charge on any atom is 0.342 e. The first-order valence-electron chi connectivity index (χ1n) is 5.83. The van der Waals surface area contributed by atoms with Crippen molar-refractivity contribution in [2.75, 3.05) is 18.5 Å². The maximum absolute atomic E-state index is 10.8. The minimum atomic E-state index is -1.32. The highest BCUT2D eigenvalue weighted by Gasteiger charge is 2.20. The fourth-order valence-corrected chi connectivity index (χ4v) is 1.58. The van der Waals surface area contributed by atoms with Crippen LogP contribution in [0.5, 0.6) is 0 Å². The summed E-state index contributed by atoms with van der Waals surface area (Å²) in [5.41, 5.74) is -0.266. The topological polar surface area (TPSA) is 102 Å². The first-order valence-corrected chi connectivity index (χ1v) is 5.83. The Morgan fingerprint density at radius 1 is 1.58 bits per heavy atom. The Morgan fingerprint density at radius 2 is 2.26 bits per heavy atom. The molecular weight excluding hydrogens is 252 g/mol. The lowest BCUT2D eigenvalue weighted by atomic mass is 10.1. The number of nitrogens with one attached hydrogen (secondary N) is 1. The Morgan fingerprint density at radius 3 is 2.79 bits per heavy atom. The van der Waals surface area contributed by atoms with Gasteiger partial charge in [-0.1, -0.05) is 0 Å². The number of nitro groups is 1. The number of benzene rings is 1. The molecular formula is C12H16N2O5. The number of ether oxygens (including phenoxy) is 1. The van der Waals surface area contributed by atoms with Crippen LogP contribution < -0.4 is 5.32 Å². The number of aromatic carboxylic acids is 1. The zero-order chi connectivity index (χ0) is 14.4. The van der Waals surface area contributed by atoms with E-state index in [-0.39, 0.29) is 11.7 Å². The maximum atomic E-state index is 10.8. The minimum Gasteiger partial charge on any atom is -0.477 e. The van der Waals surface area contributed by atoms with Gasteiger partial charge < -0.3 is 15.2 Å². The molecule has 104 valence electrons. The molecule has 0 aromatic heterocycles. The minimum absolute atomic E-state index is 0.0387. The van der Waals surface area contributed by atoms with Gasteiger partial charge in [-0.15, -0.1) is 0 Å². The van der Waals surface area contributed by atoms with Crippen LogP contribution in [0.4, 0.5) is 11.4 Å². The summed E-state index contributed by atoms with van der Waals surface area (Å²) in [5, 5.41) is 22.6. The Hall–Kier alpha value is -2.15. The molecule has 0 aliphatic carbocycles. The van der Waals surface area contributed by atoms with Gasteiger partial charge in [-0.2, -0.15) is 0 Å². The highest BCUT2D eigenvalue weighted by molar-refractivity contribution is 5.93. The number of hydrogen-bond donors (Lipinski definition) is 2. The highest BCUT2D eigenvalue weighted by atomic mass is 16.6.